The molecule has 0 aromatic rings. The Kier molecular flexibility index (Phi) is 5.45. The maximum Gasteiger partial charge on any atom is 0.0603 e. The average Bonchev–Trinajstić information content (AvgIpc) is 2.39. The third-order valence-corrected chi connectivity index (χ3v) is 3.19. The van der Waals surface area contributed by atoms with Crippen molar-refractivity contribution in [3.63, 3.8) is 0 Å². The molecule has 1 aliphatic heterocycles. The molecule has 0 radical (unpaired) electrons. The molecule has 1 rings (SSSR count). The molecule has 0 bridgehead atoms. The van der Waals surface area contributed by atoms with Gasteiger partial charge in [-0.05, 0) is 25.2 Å². The first kappa shape index (κ1) is 11.0. The Hall–Kier alpha value is -0.0400. The van der Waals surface area contributed by atoms with Crippen molar-refractivity contribution in [1.82, 2.24) is 0 Å². The van der Waals surface area contributed by atoms with E-state index in [0.29, 0.717) is 6.10 Å². The van der Waals surface area contributed by atoms with Gasteiger partial charge in [-0.1, -0.05) is 39.5 Å². The van der Waals surface area contributed by atoms with Gasteiger partial charge in [0.2, 0.25) is 0 Å². The first-order valence-electron chi connectivity index (χ1n) is 6.00. The number of ether oxygens (including phenoxy) is 1. The fourth-order valence-electron chi connectivity index (χ4n) is 2.26. The molecule has 0 aromatic heterocycles. The molecule has 78 valence electrons. The van der Waals surface area contributed by atoms with Crippen LogP contribution in [0.2, 0.25) is 0 Å². The Morgan fingerprint density at radius 1 is 1.23 bits per heavy atom. The quantitative estimate of drug-likeness (QED) is 0.646. The van der Waals surface area contributed by atoms with Crippen LogP contribution in [0, 0.1) is 5.92 Å². The monoisotopic (exact) mass is 184 g/mol. The highest BCUT2D eigenvalue weighted by molar-refractivity contribution is 4.72. The van der Waals surface area contributed by atoms with Gasteiger partial charge in [0.05, 0.1) is 6.10 Å². The van der Waals surface area contributed by atoms with Crippen LogP contribution in [-0.4, -0.2) is 12.7 Å². The maximum atomic E-state index is 5.91. The minimum atomic E-state index is 0.576. The summed E-state index contributed by atoms with van der Waals surface area (Å²) in [7, 11) is 0. The molecule has 1 fully saturated rings. The van der Waals surface area contributed by atoms with Crippen molar-refractivity contribution in [3.8, 4) is 0 Å². The second-order valence-corrected chi connectivity index (χ2v) is 4.22. The van der Waals surface area contributed by atoms with Crippen molar-refractivity contribution in [2.45, 2.75) is 64.9 Å². The molecule has 0 N–H and O–H groups in total. The first-order valence-corrected chi connectivity index (χ1v) is 6.00. The molecule has 1 saturated heterocycles. The van der Waals surface area contributed by atoms with Crippen LogP contribution in [0.5, 0.6) is 0 Å². The van der Waals surface area contributed by atoms with Crippen LogP contribution in [0.3, 0.4) is 0 Å². The summed E-state index contributed by atoms with van der Waals surface area (Å²) in [6.07, 6.45) is 9.85. The van der Waals surface area contributed by atoms with Crippen molar-refractivity contribution in [1.29, 1.82) is 0 Å². The molecule has 0 spiro atoms. The van der Waals surface area contributed by atoms with Crippen LogP contribution < -0.4 is 0 Å². The van der Waals surface area contributed by atoms with E-state index in [-0.39, 0.29) is 0 Å². The lowest BCUT2D eigenvalue weighted by atomic mass is 9.91. The van der Waals surface area contributed by atoms with Crippen molar-refractivity contribution >= 4 is 0 Å². The highest BCUT2D eigenvalue weighted by Crippen LogP contribution is 2.26. The number of hydrogen-bond acceptors (Lipinski definition) is 1. The summed E-state index contributed by atoms with van der Waals surface area (Å²) >= 11 is 0. The van der Waals surface area contributed by atoms with Gasteiger partial charge < -0.3 is 4.74 Å². The molecule has 0 saturated carbocycles. The molecular formula is C12H24O. The summed E-state index contributed by atoms with van der Waals surface area (Å²) in [4.78, 5) is 0. The molecule has 0 amide bonds. The van der Waals surface area contributed by atoms with Gasteiger partial charge in [-0.2, -0.15) is 0 Å². The van der Waals surface area contributed by atoms with Gasteiger partial charge in [0.1, 0.15) is 0 Å². The Balaban J connectivity index is 2.34. The van der Waals surface area contributed by atoms with Gasteiger partial charge >= 0.3 is 0 Å². The van der Waals surface area contributed by atoms with Crippen LogP contribution in [0.4, 0.5) is 0 Å². The van der Waals surface area contributed by atoms with Crippen LogP contribution >= 0.6 is 0 Å². The predicted molar refractivity (Wildman–Crippen MR) is 56.9 cm³/mol. The van der Waals surface area contributed by atoms with E-state index in [1.807, 2.05) is 0 Å². The molecule has 1 heterocycles. The SMILES string of the molecule is CCCCC1OCCCCC1CC. The summed E-state index contributed by atoms with van der Waals surface area (Å²) in [6.45, 7) is 5.57. The van der Waals surface area contributed by atoms with Crippen LogP contribution in [0.25, 0.3) is 0 Å². The molecule has 13 heavy (non-hydrogen) atoms. The standard InChI is InChI=1S/C12H24O/c1-3-5-9-12-11(4-2)8-6-7-10-13-12/h11-12H,3-10H2,1-2H3. The predicted octanol–water partition coefficient (Wildman–Crippen LogP) is 3.77. The van der Waals surface area contributed by atoms with Crippen LogP contribution in [-0.2, 0) is 4.74 Å². The molecule has 1 nitrogen and oxygen atoms in total. The Morgan fingerprint density at radius 2 is 2.08 bits per heavy atom. The third-order valence-electron chi connectivity index (χ3n) is 3.19. The molecule has 2 atom stereocenters. The Labute approximate surface area is 82.9 Å². The van der Waals surface area contributed by atoms with E-state index in [1.54, 1.807) is 0 Å². The van der Waals surface area contributed by atoms with E-state index in [0.717, 1.165) is 12.5 Å². The topological polar surface area (TPSA) is 9.23 Å². The number of hydrogen-bond donors (Lipinski definition) is 0. The first-order chi connectivity index (χ1) is 6.38. The molecule has 0 aromatic carbocycles. The van der Waals surface area contributed by atoms with E-state index in [4.69, 9.17) is 4.74 Å². The van der Waals surface area contributed by atoms with Gasteiger partial charge in [0.15, 0.2) is 0 Å². The van der Waals surface area contributed by atoms with Crippen LogP contribution in [0.15, 0.2) is 0 Å². The minimum absolute atomic E-state index is 0.576. The third kappa shape index (κ3) is 3.68. The van der Waals surface area contributed by atoms with E-state index in [9.17, 15) is 0 Å². The average molecular weight is 184 g/mol. The highest BCUT2D eigenvalue weighted by Gasteiger charge is 2.21. The maximum absolute atomic E-state index is 5.91. The molecule has 0 aliphatic carbocycles. The van der Waals surface area contributed by atoms with Gasteiger partial charge in [0.25, 0.3) is 0 Å². The lowest BCUT2D eigenvalue weighted by molar-refractivity contribution is 0.0170. The van der Waals surface area contributed by atoms with Crippen LogP contribution in [0.1, 0.15) is 58.8 Å². The van der Waals surface area contributed by atoms with Gasteiger partial charge in [0, 0.05) is 6.61 Å². The molecule has 1 aliphatic rings. The number of rotatable bonds is 4. The van der Waals surface area contributed by atoms with E-state index < -0.39 is 0 Å². The fourth-order valence-corrected chi connectivity index (χ4v) is 2.26. The van der Waals surface area contributed by atoms with Crippen molar-refractivity contribution in [2.24, 2.45) is 5.92 Å². The zero-order chi connectivity index (χ0) is 9.52. The summed E-state index contributed by atoms with van der Waals surface area (Å²) in [6, 6.07) is 0. The Bertz CT molecular complexity index is 122. The largest absolute Gasteiger partial charge is 0.378 e. The lowest BCUT2D eigenvalue weighted by Gasteiger charge is -2.23. The summed E-state index contributed by atoms with van der Waals surface area (Å²) in [5.41, 5.74) is 0. The second kappa shape index (κ2) is 6.42. The molecule has 2 unspecified atom stereocenters. The smallest absolute Gasteiger partial charge is 0.0603 e. The Morgan fingerprint density at radius 3 is 2.77 bits per heavy atom. The fraction of sp³-hybridized carbons (Fsp3) is 1.00. The normalized spacial score (nSPS) is 30.0. The van der Waals surface area contributed by atoms with Gasteiger partial charge in [-0.3, -0.25) is 0 Å². The van der Waals surface area contributed by atoms with Gasteiger partial charge in [-0.15, -0.1) is 0 Å². The highest BCUT2D eigenvalue weighted by atomic mass is 16.5. The lowest BCUT2D eigenvalue weighted by Crippen LogP contribution is -2.22. The van der Waals surface area contributed by atoms with E-state index >= 15 is 0 Å². The summed E-state index contributed by atoms with van der Waals surface area (Å²) in [5.74, 6) is 0.842. The molecular weight excluding hydrogens is 160 g/mol. The number of unbranched alkanes of at least 4 members (excludes halogenated alkanes) is 1. The molecule has 1 heteroatoms. The van der Waals surface area contributed by atoms with Crippen molar-refractivity contribution in [3.05, 3.63) is 0 Å². The van der Waals surface area contributed by atoms with E-state index in [2.05, 4.69) is 13.8 Å². The van der Waals surface area contributed by atoms with Crippen molar-refractivity contribution in [2.75, 3.05) is 6.61 Å². The summed E-state index contributed by atoms with van der Waals surface area (Å²) in [5, 5.41) is 0. The minimum Gasteiger partial charge on any atom is -0.378 e. The van der Waals surface area contributed by atoms with Crippen molar-refractivity contribution < 1.29 is 4.74 Å². The zero-order valence-electron chi connectivity index (χ0n) is 9.22. The second-order valence-electron chi connectivity index (χ2n) is 4.22. The summed E-state index contributed by atoms with van der Waals surface area (Å²) < 4.78 is 5.91. The van der Waals surface area contributed by atoms with Gasteiger partial charge in [-0.25, -0.2) is 0 Å². The zero-order valence-corrected chi connectivity index (χ0v) is 9.22. The van der Waals surface area contributed by atoms with E-state index in [1.165, 1.54) is 44.9 Å².